The summed E-state index contributed by atoms with van der Waals surface area (Å²) in [5.41, 5.74) is 0. The summed E-state index contributed by atoms with van der Waals surface area (Å²) in [6.07, 6.45) is 4.13. The van der Waals surface area contributed by atoms with Crippen LogP contribution in [0.4, 0.5) is 11.6 Å². The smallest absolute Gasteiger partial charge is 0.134 e. The van der Waals surface area contributed by atoms with Crippen LogP contribution in [-0.4, -0.2) is 42.8 Å². The molecule has 1 N–H and O–H groups in total. The van der Waals surface area contributed by atoms with E-state index in [-0.39, 0.29) is 6.04 Å². The Bertz CT molecular complexity index is 352. The third kappa shape index (κ3) is 3.30. The van der Waals surface area contributed by atoms with Crippen LogP contribution in [0.1, 0.15) is 19.8 Å². The monoisotopic (exact) mass is 236 g/mol. The summed E-state index contributed by atoms with van der Waals surface area (Å²) in [5, 5.41) is 3.30. The molecular formula is C12H20N4O. The molecule has 0 radical (unpaired) electrons. The zero-order valence-electron chi connectivity index (χ0n) is 10.5. The van der Waals surface area contributed by atoms with Gasteiger partial charge >= 0.3 is 0 Å². The van der Waals surface area contributed by atoms with Gasteiger partial charge in [-0.3, -0.25) is 0 Å². The minimum Gasteiger partial charge on any atom is -0.383 e. The van der Waals surface area contributed by atoms with Crippen LogP contribution < -0.4 is 10.2 Å². The second kappa shape index (κ2) is 5.82. The first-order valence-corrected chi connectivity index (χ1v) is 6.12. The van der Waals surface area contributed by atoms with Gasteiger partial charge in [0.05, 0.1) is 6.61 Å². The quantitative estimate of drug-likeness (QED) is 0.840. The van der Waals surface area contributed by atoms with Crippen LogP contribution in [0.3, 0.4) is 0 Å². The summed E-state index contributed by atoms with van der Waals surface area (Å²) in [7, 11) is 1.70. The van der Waals surface area contributed by atoms with E-state index in [9.17, 15) is 0 Å². The van der Waals surface area contributed by atoms with Crippen molar-refractivity contribution in [3.05, 3.63) is 12.4 Å². The van der Waals surface area contributed by atoms with Gasteiger partial charge < -0.3 is 15.0 Å². The van der Waals surface area contributed by atoms with Gasteiger partial charge in [-0.05, 0) is 19.8 Å². The van der Waals surface area contributed by atoms with Gasteiger partial charge in [0, 0.05) is 32.3 Å². The number of nitrogens with one attached hydrogen (secondary N) is 1. The maximum atomic E-state index is 5.09. The van der Waals surface area contributed by atoms with Crippen molar-refractivity contribution >= 4 is 11.6 Å². The minimum absolute atomic E-state index is 0.251. The van der Waals surface area contributed by atoms with Crippen LogP contribution in [0.15, 0.2) is 12.4 Å². The number of nitrogens with zero attached hydrogens (tertiary/aromatic N) is 3. The molecule has 1 aliphatic rings. The Morgan fingerprint density at radius 1 is 1.41 bits per heavy atom. The number of ether oxygens (including phenoxy) is 1. The predicted molar refractivity (Wildman–Crippen MR) is 68.4 cm³/mol. The normalized spacial score (nSPS) is 17.2. The van der Waals surface area contributed by atoms with Gasteiger partial charge in [0.15, 0.2) is 0 Å². The van der Waals surface area contributed by atoms with Gasteiger partial charge in [0.2, 0.25) is 0 Å². The van der Waals surface area contributed by atoms with Crippen LogP contribution in [0.5, 0.6) is 0 Å². The first-order valence-electron chi connectivity index (χ1n) is 6.12. The van der Waals surface area contributed by atoms with E-state index in [0.29, 0.717) is 6.61 Å². The minimum atomic E-state index is 0.251. The molecule has 0 aromatic carbocycles. The standard InChI is InChI=1S/C12H20N4O/c1-10(8-17-2)15-11-7-12(14-9-13-11)16-5-3-4-6-16/h7,9-10H,3-6,8H2,1-2H3,(H,13,14,15). The number of methoxy groups -OCH3 is 1. The summed E-state index contributed by atoms with van der Waals surface area (Å²) in [4.78, 5) is 10.8. The molecule has 94 valence electrons. The predicted octanol–water partition coefficient (Wildman–Crippen LogP) is 1.52. The summed E-state index contributed by atoms with van der Waals surface area (Å²) >= 11 is 0. The topological polar surface area (TPSA) is 50.3 Å². The van der Waals surface area contributed by atoms with E-state index in [4.69, 9.17) is 4.74 Å². The molecule has 1 saturated heterocycles. The molecule has 0 saturated carbocycles. The highest BCUT2D eigenvalue weighted by molar-refractivity contribution is 5.49. The molecule has 0 bridgehead atoms. The lowest BCUT2D eigenvalue weighted by Crippen LogP contribution is -2.23. The van der Waals surface area contributed by atoms with E-state index in [1.165, 1.54) is 12.8 Å². The lowest BCUT2D eigenvalue weighted by molar-refractivity contribution is 0.190. The second-order valence-electron chi connectivity index (χ2n) is 4.46. The van der Waals surface area contributed by atoms with Crippen molar-refractivity contribution in [1.82, 2.24) is 9.97 Å². The van der Waals surface area contributed by atoms with Gasteiger partial charge in [-0.25, -0.2) is 9.97 Å². The molecule has 1 aromatic rings. The SMILES string of the molecule is COCC(C)Nc1cc(N2CCCC2)ncn1. The molecule has 0 spiro atoms. The number of hydrogen-bond acceptors (Lipinski definition) is 5. The fourth-order valence-corrected chi connectivity index (χ4v) is 2.09. The van der Waals surface area contributed by atoms with E-state index in [2.05, 4.69) is 27.1 Å². The molecule has 0 aliphatic carbocycles. The molecule has 2 rings (SSSR count). The van der Waals surface area contributed by atoms with Crippen molar-refractivity contribution in [2.45, 2.75) is 25.8 Å². The molecular weight excluding hydrogens is 216 g/mol. The highest BCUT2D eigenvalue weighted by atomic mass is 16.5. The zero-order valence-corrected chi connectivity index (χ0v) is 10.5. The molecule has 1 unspecified atom stereocenters. The Hall–Kier alpha value is -1.36. The van der Waals surface area contributed by atoms with Gasteiger partial charge in [0.1, 0.15) is 18.0 Å². The van der Waals surface area contributed by atoms with Crippen molar-refractivity contribution in [2.75, 3.05) is 37.0 Å². The van der Waals surface area contributed by atoms with Crippen molar-refractivity contribution in [2.24, 2.45) is 0 Å². The summed E-state index contributed by atoms with van der Waals surface area (Å²) < 4.78 is 5.09. The highest BCUT2D eigenvalue weighted by Crippen LogP contribution is 2.19. The molecule has 5 heteroatoms. The van der Waals surface area contributed by atoms with Crippen LogP contribution in [-0.2, 0) is 4.74 Å². The Kier molecular flexibility index (Phi) is 4.14. The third-order valence-electron chi connectivity index (χ3n) is 2.89. The van der Waals surface area contributed by atoms with E-state index in [1.807, 2.05) is 6.07 Å². The third-order valence-corrected chi connectivity index (χ3v) is 2.89. The first-order chi connectivity index (χ1) is 8.29. The van der Waals surface area contributed by atoms with E-state index < -0.39 is 0 Å². The van der Waals surface area contributed by atoms with Crippen LogP contribution >= 0.6 is 0 Å². The van der Waals surface area contributed by atoms with Gasteiger partial charge in [-0.2, -0.15) is 0 Å². The Morgan fingerprint density at radius 3 is 2.88 bits per heavy atom. The van der Waals surface area contributed by atoms with Crippen molar-refractivity contribution in [3.63, 3.8) is 0 Å². The van der Waals surface area contributed by atoms with Gasteiger partial charge in [-0.15, -0.1) is 0 Å². The largest absolute Gasteiger partial charge is 0.383 e. The molecule has 1 aliphatic heterocycles. The van der Waals surface area contributed by atoms with Gasteiger partial charge in [-0.1, -0.05) is 0 Å². The van der Waals surface area contributed by atoms with Crippen LogP contribution in [0.2, 0.25) is 0 Å². The van der Waals surface area contributed by atoms with Crippen LogP contribution in [0.25, 0.3) is 0 Å². The summed E-state index contributed by atoms with van der Waals surface area (Å²) in [6, 6.07) is 2.26. The van der Waals surface area contributed by atoms with Gasteiger partial charge in [0.25, 0.3) is 0 Å². The molecule has 5 nitrogen and oxygen atoms in total. The first kappa shape index (κ1) is 12.1. The molecule has 1 aromatic heterocycles. The van der Waals surface area contributed by atoms with Crippen molar-refractivity contribution < 1.29 is 4.74 Å². The number of rotatable bonds is 5. The maximum Gasteiger partial charge on any atom is 0.134 e. The Balaban J connectivity index is 2.00. The Morgan fingerprint density at radius 2 is 2.18 bits per heavy atom. The number of anilines is 2. The highest BCUT2D eigenvalue weighted by Gasteiger charge is 2.14. The van der Waals surface area contributed by atoms with Crippen LogP contribution in [0, 0.1) is 0 Å². The van der Waals surface area contributed by atoms with Crippen molar-refractivity contribution in [1.29, 1.82) is 0 Å². The van der Waals surface area contributed by atoms with E-state index in [0.717, 1.165) is 24.7 Å². The fraction of sp³-hybridized carbons (Fsp3) is 0.667. The molecule has 2 heterocycles. The molecule has 1 fully saturated rings. The second-order valence-corrected chi connectivity index (χ2v) is 4.46. The van der Waals surface area contributed by atoms with Crippen molar-refractivity contribution in [3.8, 4) is 0 Å². The van der Waals surface area contributed by atoms with E-state index in [1.54, 1.807) is 13.4 Å². The Labute approximate surface area is 102 Å². The lowest BCUT2D eigenvalue weighted by atomic mass is 10.3. The molecule has 0 amide bonds. The maximum absolute atomic E-state index is 5.09. The zero-order chi connectivity index (χ0) is 12.1. The van der Waals surface area contributed by atoms with E-state index >= 15 is 0 Å². The molecule has 1 atom stereocenters. The number of hydrogen-bond donors (Lipinski definition) is 1. The lowest BCUT2D eigenvalue weighted by Gasteiger charge is -2.18. The molecule has 17 heavy (non-hydrogen) atoms. The average molecular weight is 236 g/mol. The summed E-state index contributed by atoms with van der Waals surface area (Å²) in [6.45, 7) is 4.94. The number of aromatic nitrogens is 2. The average Bonchev–Trinajstić information content (AvgIpc) is 2.83. The summed E-state index contributed by atoms with van der Waals surface area (Å²) in [5.74, 6) is 1.89. The fourth-order valence-electron chi connectivity index (χ4n) is 2.09.